The van der Waals surface area contributed by atoms with Crippen LogP contribution in [0.25, 0.3) is 0 Å². The zero-order valence-corrected chi connectivity index (χ0v) is 11.4. The summed E-state index contributed by atoms with van der Waals surface area (Å²) in [5.41, 5.74) is 7.21. The fraction of sp³-hybridized carbons (Fsp3) is 0.692. The minimum atomic E-state index is 0.0161. The van der Waals surface area contributed by atoms with Gasteiger partial charge in [0, 0.05) is 19.6 Å². The Morgan fingerprint density at radius 2 is 2.06 bits per heavy atom. The van der Waals surface area contributed by atoms with E-state index in [-0.39, 0.29) is 5.91 Å². The number of rotatable bonds is 2. The van der Waals surface area contributed by atoms with Gasteiger partial charge in [-0.2, -0.15) is 5.10 Å². The summed E-state index contributed by atoms with van der Waals surface area (Å²) >= 11 is 0. The average Bonchev–Trinajstić information content (AvgIpc) is 2.69. The molecule has 2 heterocycles. The third kappa shape index (κ3) is 2.35. The highest BCUT2D eigenvalue weighted by atomic mass is 16.2. The summed E-state index contributed by atoms with van der Waals surface area (Å²) in [7, 11) is 0. The fourth-order valence-corrected chi connectivity index (χ4v) is 2.34. The zero-order chi connectivity index (χ0) is 13.3. The number of amides is 1. The minimum Gasteiger partial charge on any atom is -0.396 e. The summed E-state index contributed by atoms with van der Waals surface area (Å²) in [5.74, 6) is 0.0161. The minimum absolute atomic E-state index is 0.0161. The lowest BCUT2D eigenvalue weighted by Crippen LogP contribution is -2.42. The zero-order valence-electron chi connectivity index (χ0n) is 11.4. The molecule has 0 radical (unpaired) electrons. The summed E-state index contributed by atoms with van der Waals surface area (Å²) in [6, 6.07) is 0. The number of nitrogens with two attached hydrogens (primary N) is 1. The third-order valence-corrected chi connectivity index (χ3v) is 3.77. The van der Waals surface area contributed by atoms with Gasteiger partial charge in [-0.25, -0.2) is 0 Å². The van der Waals surface area contributed by atoms with E-state index in [9.17, 15) is 4.79 Å². The molecule has 100 valence electrons. The molecule has 2 rings (SSSR count). The molecule has 5 nitrogen and oxygen atoms in total. The van der Waals surface area contributed by atoms with E-state index in [2.05, 4.69) is 18.9 Å². The third-order valence-electron chi connectivity index (χ3n) is 3.77. The van der Waals surface area contributed by atoms with Crippen LogP contribution in [0.4, 0.5) is 5.69 Å². The number of anilines is 1. The second-order valence-electron chi connectivity index (χ2n) is 5.72. The van der Waals surface area contributed by atoms with Crippen molar-refractivity contribution < 1.29 is 4.79 Å². The molecule has 1 fully saturated rings. The van der Waals surface area contributed by atoms with Crippen molar-refractivity contribution in [2.24, 2.45) is 5.41 Å². The van der Waals surface area contributed by atoms with Gasteiger partial charge in [0.15, 0.2) is 0 Å². The Kier molecular flexibility index (Phi) is 3.32. The Balaban J connectivity index is 2.15. The van der Waals surface area contributed by atoms with Crippen LogP contribution in [0.2, 0.25) is 0 Å². The molecule has 0 aliphatic carbocycles. The van der Waals surface area contributed by atoms with E-state index in [1.54, 1.807) is 10.9 Å². The van der Waals surface area contributed by atoms with Gasteiger partial charge in [0.1, 0.15) is 5.69 Å². The smallest absolute Gasteiger partial charge is 0.274 e. The molecule has 0 bridgehead atoms. The number of piperidine rings is 1. The van der Waals surface area contributed by atoms with Crippen molar-refractivity contribution in [2.75, 3.05) is 18.8 Å². The van der Waals surface area contributed by atoms with Crippen LogP contribution in [-0.4, -0.2) is 33.7 Å². The Bertz CT molecular complexity index is 440. The van der Waals surface area contributed by atoms with Crippen LogP contribution in [0.3, 0.4) is 0 Å². The highest BCUT2D eigenvalue weighted by Crippen LogP contribution is 2.30. The Hall–Kier alpha value is -1.52. The number of carbonyl (C=O) groups is 1. The first-order valence-corrected chi connectivity index (χ1v) is 6.55. The molecule has 1 aliphatic heterocycles. The number of likely N-dealkylation sites (tertiary alicyclic amines) is 1. The van der Waals surface area contributed by atoms with E-state index in [0.717, 1.165) is 25.9 Å². The van der Waals surface area contributed by atoms with Crippen molar-refractivity contribution in [1.82, 2.24) is 14.7 Å². The predicted octanol–water partition coefficient (Wildman–Crippen LogP) is 1.75. The molecule has 1 saturated heterocycles. The van der Waals surface area contributed by atoms with Crippen LogP contribution in [0.1, 0.15) is 44.1 Å². The summed E-state index contributed by atoms with van der Waals surface area (Å²) in [4.78, 5) is 14.4. The first kappa shape index (κ1) is 12.9. The van der Waals surface area contributed by atoms with Gasteiger partial charge < -0.3 is 10.6 Å². The summed E-state index contributed by atoms with van der Waals surface area (Å²) < 4.78 is 1.68. The molecule has 5 heteroatoms. The van der Waals surface area contributed by atoms with Crippen molar-refractivity contribution >= 4 is 11.6 Å². The number of hydrogen-bond donors (Lipinski definition) is 1. The molecule has 1 aromatic rings. The van der Waals surface area contributed by atoms with Gasteiger partial charge in [-0.15, -0.1) is 0 Å². The maximum atomic E-state index is 12.5. The average molecular weight is 250 g/mol. The molecule has 2 N–H and O–H groups in total. The molecule has 0 aromatic carbocycles. The molecule has 1 aromatic heterocycles. The van der Waals surface area contributed by atoms with Gasteiger partial charge in [-0.3, -0.25) is 9.48 Å². The van der Waals surface area contributed by atoms with Crippen molar-refractivity contribution in [2.45, 2.75) is 40.2 Å². The van der Waals surface area contributed by atoms with Crippen LogP contribution in [0.5, 0.6) is 0 Å². The predicted molar refractivity (Wildman–Crippen MR) is 71.2 cm³/mol. The van der Waals surface area contributed by atoms with Crippen LogP contribution < -0.4 is 5.73 Å². The van der Waals surface area contributed by atoms with E-state index in [0.29, 0.717) is 23.3 Å². The van der Waals surface area contributed by atoms with Gasteiger partial charge in [0.2, 0.25) is 0 Å². The quantitative estimate of drug-likeness (QED) is 0.869. The maximum Gasteiger partial charge on any atom is 0.274 e. The van der Waals surface area contributed by atoms with Crippen molar-refractivity contribution in [3.8, 4) is 0 Å². The number of carbonyl (C=O) groups excluding carboxylic acids is 1. The number of nitrogens with zero attached hydrogens (tertiary/aromatic N) is 3. The monoisotopic (exact) mass is 250 g/mol. The number of aromatic nitrogens is 2. The molecule has 0 atom stereocenters. The molecule has 0 unspecified atom stereocenters. The number of aryl methyl sites for hydroxylation is 1. The van der Waals surface area contributed by atoms with Gasteiger partial charge in [-0.1, -0.05) is 13.8 Å². The van der Waals surface area contributed by atoms with Crippen molar-refractivity contribution in [3.63, 3.8) is 0 Å². The highest BCUT2D eigenvalue weighted by molar-refractivity contribution is 5.97. The second kappa shape index (κ2) is 4.63. The van der Waals surface area contributed by atoms with Gasteiger partial charge in [0.05, 0.1) is 11.9 Å². The van der Waals surface area contributed by atoms with Gasteiger partial charge in [-0.05, 0) is 25.2 Å². The molecular weight excluding hydrogens is 228 g/mol. The number of hydrogen-bond acceptors (Lipinski definition) is 3. The molecule has 18 heavy (non-hydrogen) atoms. The first-order valence-electron chi connectivity index (χ1n) is 6.55. The molecular formula is C13H22N4O. The normalized spacial score (nSPS) is 18.9. The summed E-state index contributed by atoms with van der Waals surface area (Å²) in [6.07, 6.45) is 3.64. The van der Waals surface area contributed by atoms with Crippen LogP contribution in [0.15, 0.2) is 6.20 Å². The van der Waals surface area contributed by atoms with Crippen LogP contribution in [-0.2, 0) is 6.54 Å². The van der Waals surface area contributed by atoms with Gasteiger partial charge >= 0.3 is 0 Å². The summed E-state index contributed by atoms with van der Waals surface area (Å²) in [5, 5.41) is 4.12. The van der Waals surface area contributed by atoms with Crippen LogP contribution in [0, 0.1) is 5.41 Å². The Morgan fingerprint density at radius 1 is 1.44 bits per heavy atom. The molecule has 0 spiro atoms. The van der Waals surface area contributed by atoms with E-state index in [1.165, 1.54) is 0 Å². The second-order valence-corrected chi connectivity index (χ2v) is 5.72. The number of nitrogen functional groups attached to an aromatic ring is 1. The lowest BCUT2D eigenvalue weighted by atomic mass is 9.82. The first-order chi connectivity index (χ1) is 8.44. The standard InChI is InChI=1S/C13H22N4O/c1-4-17-11(10(14)9-15-17)12(18)16-7-5-13(2,3)6-8-16/h9H,4-8,14H2,1-3H3. The van der Waals surface area contributed by atoms with E-state index < -0.39 is 0 Å². The topological polar surface area (TPSA) is 64.2 Å². The van der Waals surface area contributed by atoms with E-state index in [4.69, 9.17) is 5.73 Å². The lowest BCUT2D eigenvalue weighted by Gasteiger charge is -2.36. The van der Waals surface area contributed by atoms with E-state index in [1.807, 2.05) is 11.8 Å². The van der Waals surface area contributed by atoms with Gasteiger partial charge in [0.25, 0.3) is 5.91 Å². The van der Waals surface area contributed by atoms with E-state index >= 15 is 0 Å². The summed E-state index contributed by atoms with van der Waals surface area (Å²) in [6.45, 7) is 8.74. The molecule has 1 aliphatic rings. The largest absolute Gasteiger partial charge is 0.396 e. The maximum absolute atomic E-state index is 12.5. The van der Waals surface area contributed by atoms with Crippen LogP contribution >= 0.6 is 0 Å². The Morgan fingerprint density at radius 3 is 2.61 bits per heavy atom. The molecule has 1 amide bonds. The fourth-order valence-electron chi connectivity index (χ4n) is 2.34. The van der Waals surface area contributed by atoms with Crippen molar-refractivity contribution in [3.05, 3.63) is 11.9 Å². The SMILES string of the molecule is CCn1ncc(N)c1C(=O)N1CCC(C)(C)CC1. The Labute approximate surface area is 108 Å². The molecule has 0 saturated carbocycles. The highest BCUT2D eigenvalue weighted by Gasteiger charge is 2.30. The van der Waals surface area contributed by atoms with Crippen molar-refractivity contribution in [1.29, 1.82) is 0 Å². The lowest BCUT2D eigenvalue weighted by molar-refractivity contribution is 0.0619.